The van der Waals surface area contributed by atoms with Crippen molar-refractivity contribution in [3.63, 3.8) is 0 Å². The Hall–Kier alpha value is -0.0800. The van der Waals surface area contributed by atoms with Gasteiger partial charge in [0.15, 0.2) is 0 Å². The molecule has 2 heteroatoms. The molecule has 0 aromatic heterocycles. The van der Waals surface area contributed by atoms with Gasteiger partial charge in [-0.25, -0.2) is 0 Å². The van der Waals surface area contributed by atoms with Crippen molar-refractivity contribution in [1.82, 2.24) is 4.90 Å². The van der Waals surface area contributed by atoms with E-state index in [0.29, 0.717) is 6.04 Å². The summed E-state index contributed by atoms with van der Waals surface area (Å²) in [7, 11) is 4.29. The standard InChI is InChI=1S/C19H42N2/c1-5-6-7-8-9-10-11-12-13-14-15-18(2)16-19(17-20)21(3)4/h18-19H,5-17,20H2,1-4H3. The number of nitrogens with two attached hydrogens (primary N) is 1. The van der Waals surface area contributed by atoms with Gasteiger partial charge in [-0.1, -0.05) is 84.5 Å². The minimum Gasteiger partial charge on any atom is -0.329 e. The minimum atomic E-state index is 0.558. The molecule has 0 amide bonds. The topological polar surface area (TPSA) is 29.3 Å². The normalized spacial score (nSPS) is 14.6. The Kier molecular flexibility index (Phi) is 14.8. The van der Waals surface area contributed by atoms with Gasteiger partial charge in [0.1, 0.15) is 0 Å². The molecule has 2 nitrogen and oxygen atoms in total. The average Bonchev–Trinajstić information content (AvgIpc) is 2.46. The van der Waals surface area contributed by atoms with Crippen LogP contribution in [0.5, 0.6) is 0 Å². The highest BCUT2D eigenvalue weighted by atomic mass is 15.1. The van der Waals surface area contributed by atoms with E-state index in [-0.39, 0.29) is 0 Å². The van der Waals surface area contributed by atoms with Gasteiger partial charge in [0.2, 0.25) is 0 Å². The van der Waals surface area contributed by atoms with E-state index in [4.69, 9.17) is 5.73 Å². The van der Waals surface area contributed by atoms with Crippen molar-refractivity contribution in [2.24, 2.45) is 11.7 Å². The predicted octanol–water partition coefficient (Wildman–Crippen LogP) is 5.21. The highest BCUT2D eigenvalue weighted by Gasteiger charge is 2.13. The summed E-state index contributed by atoms with van der Waals surface area (Å²) >= 11 is 0. The summed E-state index contributed by atoms with van der Waals surface area (Å²) in [6.07, 6.45) is 16.9. The van der Waals surface area contributed by atoms with Crippen molar-refractivity contribution in [2.45, 2.75) is 96.9 Å². The molecular formula is C19H42N2. The fourth-order valence-electron chi connectivity index (χ4n) is 3.08. The average molecular weight is 299 g/mol. The molecular weight excluding hydrogens is 256 g/mol. The van der Waals surface area contributed by atoms with E-state index in [1.807, 2.05) is 0 Å². The van der Waals surface area contributed by atoms with Crippen LogP contribution < -0.4 is 5.73 Å². The van der Waals surface area contributed by atoms with Crippen molar-refractivity contribution in [2.75, 3.05) is 20.6 Å². The third kappa shape index (κ3) is 13.3. The Morgan fingerprint density at radius 2 is 1.29 bits per heavy atom. The molecule has 0 saturated carbocycles. The maximum Gasteiger partial charge on any atom is 0.0214 e. The van der Waals surface area contributed by atoms with E-state index >= 15 is 0 Å². The second-order valence-electron chi connectivity index (χ2n) is 7.16. The summed E-state index contributed by atoms with van der Waals surface area (Å²) in [6.45, 7) is 5.46. The van der Waals surface area contributed by atoms with Gasteiger partial charge in [0.25, 0.3) is 0 Å². The zero-order valence-electron chi connectivity index (χ0n) is 15.4. The van der Waals surface area contributed by atoms with Crippen LogP contribution in [0.2, 0.25) is 0 Å². The second kappa shape index (κ2) is 14.8. The molecule has 2 atom stereocenters. The van der Waals surface area contributed by atoms with E-state index < -0.39 is 0 Å². The van der Waals surface area contributed by atoms with Gasteiger partial charge in [-0.3, -0.25) is 0 Å². The highest BCUT2D eigenvalue weighted by molar-refractivity contribution is 4.70. The summed E-state index contributed by atoms with van der Waals surface area (Å²) in [5.41, 5.74) is 5.83. The maximum atomic E-state index is 5.83. The first-order valence-corrected chi connectivity index (χ1v) is 9.48. The fourth-order valence-corrected chi connectivity index (χ4v) is 3.08. The molecule has 21 heavy (non-hydrogen) atoms. The van der Waals surface area contributed by atoms with Crippen molar-refractivity contribution in [3.8, 4) is 0 Å². The smallest absolute Gasteiger partial charge is 0.0214 e. The molecule has 0 saturated heterocycles. The van der Waals surface area contributed by atoms with E-state index in [1.165, 1.54) is 77.0 Å². The van der Waals surface area contributed by atoms with Gasteiger partial charge >= 0.3 is 0 Å². The maximum absolute atomic E-state index is 5.83. The van der Waals surface area contributed by atoms with Crippen LogP contribution in [0.4, 0.5) is 0 Å². The molecule has 0 fully saturated rings. The lowest BCUT2D eigenvalue weighted by atomic mass is 9.94. The van der Waals surface area contributed by atoms with Gasteiger partial charge in [-0.05, 0) is 26.4 Å². The van der Waals surface area contributed by atoms with Crippen molar-refractivity contribution >= 4 is 0 Å². The first kappa shape index (κ1) is 20.9. The Morgan fingerprint density at radius 3 is 1.71 bits per heavy atom. The zero-order chi connectivity index (χ0) is 15.9. The van der Waals surface area contributed by atoms with Crippen LogP contribution in [-0.4, -0.2) is 31.6 Å². The Balaban J connectivity index is 3.34. The Bertz CT molecular complexity index is 204. The van der Waals surface area contributed by atoms with Crippen LogP contribution in [0, 0.1) is 5.92 Å². The third-order valence-electron chi connectivity index (χ3n) is 4.73. The summed E-state index contributed by atoms with van der Waals surface area (Å²) in [5, 5.41) is 0. The molecule has 2 N–H and O–H groups in total. The van der Waals surface area contributed by atoms with E-state index in [0.717, 1.165) is 12.5 Å². The lowest BCUT2D eigenvalue weighted by Crippen LogP contribution is -2.36. The molecule has 0 aliphatic carbocycles. The molecule has 0 aromatic carbocycles. The highest BCUT2D eigenvalue weighted by Crippen LogP contribution is 2.18. The molecule has 0 radical (unpaired) electrons. The van der Waals surface area contributed by atoms with Crippen LogP contribution in [-0.2, 0) is 0 Å². The van der Waals surface area contributed by atoms with E-state index in [2.05, 4.69) is 32.8 Å². The predicted molar refractivity (Wildman–Crippen MR) is 96.8 cm³/mol. The summed E-state index contributed by atoms with van der Waals surface area (Å²) in [5.74, 6) is 0.815. The van der Waals surface area contributed by atoms with Crippen LogP contribution in [0.3, 0.4) is 0 Å². The molecule has 0 rings (SSSR count). The van der Waals surface area contributed by atoms with E-state index in [1.54, 1.807) is 0 Å². The number of unbranched alkanes of at least 4 members (excludes halogenated alkanes) is 9. The van der Waals surface area contributed by atoms with Crippen molar-refractivity contribution in [1.29, 1.82) is 0 Å². The molecule has 0 aliphatic rings. The Morgan fingerprint density at radius 1 is 0.810 bits per heavy atom. The Labute approximate surface area is 134 Å². The van der Waals surface area contributed by atoms with Crippen LogP contribution >= 0.6 is 0 Å². The number of hydrogen-bond donors (Lipinski definition) is 1. The molecule has 2 unspecified atom stereocenters. The summed E-state index contributed by atoms with van der Waals surface area (Å²) in [6, 6.07) is 0.558. The van der Waals surface area contributed by atoms with Crippen LogP contribution in [0.15, 0.2) is 0 Å². The minimum absolute atomic E-state index is 0.558. The SMILES string of the molecule is CCCCCCCCCCCCC(C)CC(CN)N(C)C. The number of hydrogen-bond acceptors (Lipinski definition) is 2. The van der Waals surface area contributed by atoms with Gasteiger partial charge in [-0.15, -0.1) is 0 Å². The monoisotopic (exact) mass is 298 g/mol. The molecule has 0 bridgehead atoms. The van der Waals surface area contributed by atoms with Gasteiger partial charge in [-0.2, -0.15) is 0 Å². The fraction of sp³-hybridized carbons (Fsp3) is 1.00. The second-order valence-corrected chi connectivity index (χ2v) is 7.16. The van der Waals surface area contributed by atoms with Crippen LogP contribution in [0.1, 0.15) is 90.9 Å². The molecule has 128 valence electrons. The molecule has 0 spiro atoms. The van der Waals surface area contributed by atoms with E-state index in [9.17, 15) is 0 Å². The van der Waals surface area contributed by atoms with Gasteiger partial charge in [0.05, 0.1) is 0 Å². The quantitative estimate of drug-likeness (QED) is 0.420. The first-order chi connectivity index (χ1) is 10.1. The van der Waals surface area contributed by atoms with Crippen molar-refractivity contribution in [3.05, 3.63) is 0 Å². The first-order valence-electron chi connectivity index (χ1n) is 9.48. The molecule has 0 aliphatic heterocycles. The lowest BCUT2D eigenvalue weighted by molar-refractivity contribution is 0.248. The number of likely N-dealkylation sites (N-methyl/N-ethyl adjacent to an activating group) is 1. The summed E-state index contributed by atoms with van der Waals surface area (Å²) in [4.78, 5) is 2.27. The van der Waals surface area contributed by atoms with Crippen LogP contribution in [0.25, 0.3) is 0 Å². The molecule has 0 heterocycles. The molecule has 0 aromatic rings. The van der Waals surface area contributed by atoms with Gasteiger partial charge < -0.3 is 10.6 Å². The van der Waals surface area contributed by atoms with Gasteiger partial charge in [0, 0.05) is 12.6 Å². The largest absolute Gasteiger partial charge is 0.329 e. The third-order valence-corrected chi connectivity index (χ3v) is 4.73. The summed E-state index contributed by atoms with van der Waals surface area (Å²) < 4.78 is 0. The zero-order valence-corrected chi connectivity index (χ0v) is 15.4. The number of rotatable bonds is 15. The lowest BCUT2D eigenvalue weighted by Gasteiger charge is -2.25. The van der Waals surface area contributed by atoms with Crippen molar-refractivity contribution < 1.29 is 0 Å². The number of nitrogens with zero attached hydrogens (tertiary/aromatic N) is 1.